The Morgan fingerprint density at radius 1 is 0.895 bits per heavy atom. The SMILES string of the molecule is C[C@H](c1nc(NC2CCCCC2)c2ccccc2n1)N1CCN(S(=O)(=O)c2ccc(C(C)(C)C)cc2)CC1. The second-order valence-electron chi connectivity index (χ2n) is 11.8. The third kappa shape index (κ3) is 5.72. The molecule has 1 aromatic heterocycles. The molecule has 0 bridgehead atoms. The molecule has 2 aromatic carbocycles. The van der Waals surface area contributed by atoms with Crippen molar-refractivity contribution in [1.29, 1.82) is 0 Å². The maximum Gasteiger partial charge on any atom is 0.243 e. The summed E-state index contributed by atoms with van der Waals surface area (Å²) in [7, 11) is -3.52. The van der Waals surface area contributed by atoms with Crippen LogP contribution in [0.2, 0.25) is 0 Å². The Labute approximate surface area is 227 Å². The van der Waals surface area contributed by atoms with Crippen LogP contribution in [0.5, 0.6) is 0 Å². The summed E-state index contributed by atoms with van der Waals surface area (Å²) < 4.78 is 28.3. The number of benzene rings is 2. The van der Waals surface area contributed by atoms with Gasteiger partial charge in [0.25, 0.3) is 0 Å². The predicted octanol–water partition coefficient (Wildman–Crippen LogP) is 5.74. The molecular formula is C30H41N5O2S. The van der Waals surface area contributed by atoms with Crippen molar-refractivity contribution in [1.82, 2.24) is 19.2 Å². The van der Waals surface area contributed by atoms with Crippen LogP contribution in [0.15, 0.2) is 53.4 Å². The maximum absolute atomic E-state index is 13.3. The van der Waals surface area contributed by atoms with Crippen LogP contribution >= 0.6 is 0 Å². The average Bonchev–Trinajstić information content (AvgIpc) is 2.93. The summed E-state index contributed by atoms with van der Waals surface area (Å²) in [5, 5.41) is 4.78. The van der Waals surface area contributed by atoms with Crippen molar-refractivity contribution in [3.05, 3.63) is 59.9 Å². The smallest absolute Gasteiger partial charge is 0.243 e. The van der Waals surface area contributed by atoms with Crippen molar-refractivity contribution < 1.29 is 8.42 Å². The van der Waals surface area contributed by atoms with Gasteiger partial charge in [0.05, 0.1) is 16.5 Å². The van der Waals surface area contributed by atoms with Crippen LogP contribution in [0.1, 0.15) is 77.2 Å². The quantitative estimate of drug-likeness (QED) is 0.434. The molecule has 5 rings (SSSR count). The molecule has 1 atom stereocenters. The van der Waals surface area contributed by atoms with E-state index in [4.69, 9.17) is 9.97 Å². The van der Waals surface area contributed by atoms with Crippen LogP contribution in [0, 0.1) is 0 Å². The molecule has 204 valence electrons. The average molecular weight is 536 g/mol. The highest BCUT2D eigenvalue weighted by Gasteiger charge is 2.31. The van der Waals surface area contributed by atoms with E-state index in [0.29, 0.717) is 37.1 Å². The van der Waals surface area contributed by atoms with E-state index >= 15 is 0 Å². The lowest BCUT2D eigenvalue weighted by Crippen LogP contribution is -2.49. The number of hydrogen-bond donors (Lipinski definition) is 1. The highest BCUT2D eigenvalue weighted by atomic mass is 32.2. The van der Waals surface area contributed by atoms with Gasteiger partial charge in [-0.3, -0.25) is 4.90 Å². The van der Waals surface area contributed by atoms with Crippen molar-refractivity contribution in [2.45, 2.75) is 82.2 Å². The van der Waals surface area contributed by atoms with Gasteiger partial charge < -0.3 is 5.32 Å². The number of anilines is 1. The van der Waals surface area contributed by atoms with Crippen LogP contribution in [0.3, 0.4) is 0 Å². The molecule has 0 amide bonds. The number of rotatable bonds is 6. The molecule has 1 saturated carbocycles. The van der Waals surface area contributed by atoms with Crippen LogP contribution in [-0.2, 0) is 15.4 Å². The number of para-hydroxylation sites is 1. The molecule has 0 radical (unpaired) electrons. The molecule has 1 N–H and O–H groups in total. The van der Waals surface area contributed by atoms with Gasteiger partial charge in [-0.25, -0.2) is 18.4 Å². The van der Waals surface area contributed by atoms with Crippen molar-refractivity contribution in [3.8, 4) is 0 Å². The molecule has 3 aromatic rings. The van der Waals surface area contributed by atoms with Crippen LogP contribution in [0.25, 0.3) is 10.9 Å². The van der Waals surface area contributed by atoms with Gasteiger partial charge in [-0.1, -0.05) is 64.3 Å². The zero-order valence-electron chi connectivity index (χ0n) is 23.2. The summed E-state index contributed by atoms with van der Waals surface area (Å²) in [6, 6.07) is 16.0. The van der Waals surface area contributed by atoms with E-state index in [1.165, 1.54) is 32.1 Å². The van der Waals surface area contributed by atoms with Crippen molar-refractivity contribution >= 4 is 26.7 Å². The molecule has 7 nitrogen and oxygen atoms in total. The fourth-order valence-corrected chi connectivity index (χ4v) is 7.02. The van der Waals surface area contributed by atoms with Gasteiger partial charge in [0.1, 0.15) is 11.6 Å². The normalized spacial score (nSPS) is 19.5. The Morgan fingerprint density at radius 3 is 2.21 bits per heavy atom. The second-order valence-corrected chi connectivity index (χ2v) is 13.8. The molecule has 8 heteroatoms. The lowest BCUT2D eigenvalue weighted by molar-refractivity contribution is 0.141. The second kappa shape index (κ2) is 10.9. The summed E-state index contributed by atoms with van der Waals surface area (Å²) in [6.07, 6.45) is 6.20. The number of fused-ring (bicyclic) bond motifs is 1. The topological polar surface area (TPSA) is 78.4 Å². The molecular weight excluding hydrogens is 494 g/mol. The largest absolute Gasteiger partial charge is 0.367 e. The number of piperazine rings is 1. The minimum atomic E-state index is -3.52. The van der Waals surface area contributed by atoms with Crippen molar-refractivity contribution in [3.63, 3.8) is 0 Å². The third-order valence-corrected chi connectivity index (χ3v) is 10.0. The molecule has 38 heavy (non-hydrogen) atoms. The minimum Gasteiger partial charge on any atom is -0.367 e. The Bertz CT molecular complexity index is 1350. The number of sulfonamides is 1. The molecule has 0 unspecified atom stereocenters. The summed E-state index contributed by atoms with van der Waals surface area (Å²) in [4.78, 5) is 12.6. The summed E-state index contributed by atoms with van der Waals surface area (Å²) in [5.41, 5.74) is 2.06. The fourth-order valence-electron chi connectivity index (χ4n) is 5.60. The van der Waals surface area contributed by atoms with Crippen molar-refractivity contribution in [2.75, 3.05) is 31.5 Å². The maximum atomic E-state index is 13.3. The summed E-state index contributed by atoms with van der Waals surface area (Å²) in [5.74, 6) is 1.71. The highest BCUT2D eigenvalue weighted by Crippen LogP contribution is 2.30. The Morgan fingerprint density at radius 2 is 1.55 bits per heavy atom. The Hall–Kier alpha value is -2.55. The first-order valence-corrected chi connectivity index (χ1v) is 15.4. The van der Waals surface area contributed by atoms with Gasteiger partial charge in [0.15, 0.2) is 0 Å². The van der Waals surface area contributed by atoms with Crippen molar-refractivity contribution in [2.24, 2.45) is 0 Å². The number of aromatic nitrogens is 2. The first-order chi connectivity index (χ1) is 18.1. The highest BCUT2D eigenvalue weighted by molar-refractivity contribution is 7.89. The Balaban J connectivity index is 1.30. The number of nitrogens with zero attached hydrogens (tertiary/aromatic N) is 4. The van der Waals surface area contributed by atoms with Gasteiger partial charge in [0.2, 0.25) is 10.0 Å². The standard InChI is InChI=1S/C30H41N5O2S/c1-22(28-32-27-13-9-8-12-26(27)29(33-28)31-24-10-6-5-7-11-24)34-18-20-35(21-19-34)38(36,37)25-16-14-23(15-17-25)30(2,3)4/h8-9,12-17,22,24H,5-7,10-11,18-21H2,1-4H3,(H,31,32,33)/t22-/m1/s1. The molecule has 2 fully saturated rings. The zero-order chi connectivity index (χ0) is 26.9. The van der Waals surface area contributed by atoms with E-state index in [-0.39, 0.29) is 11.5 Å². The van der Waals surface area contributed by atoms with Crippen LogP contribution in [-0.4, -0.2) is 59.8 Å². The van der Waals surface area contributed by atoms with E-state index in [1.807, 2.05) is 24.3 Å². The van der Waals surface area contributed by atoms with Gasteiger partial charge in [-0.2, -0.15) is 4.31 Å². The number of nitrogens with one attached hydrogen (secondary N) is 1. The molecule has 1 aliphatic carbocycles. The third-order valence-electron chi connectivity index (χ3n) is 8.12. The molecule has 1 aliphatic heterocycles. The van der Waals surface area contributed by atoms with Gasteiger partial charge in [-0.15, -0.1) is 0 Å². The van der Waals surface area contributed by atoms with Crippen LogP contribution < -0.4 is 5.32 Å². The monoisotopic (exact) mass is 535 g/mol. The van der Waals surface area contributed by atoms with E-state index in [0.717, 1.165) is 28.1 Å². The van der Waals surface area contributed by atoms with Crippen LogP contribution in [0.4, 0.5) is 5.82 Å². The van der Waals surface area contributed by atoms with E-state index in [1.54, 1.807) is 16.4 Å². The van der Waals surface area contributed by atoms with E-state index < -0.39 is 10.0 Å². The van der Waals surface area contributed by atoms with Gasteiger partial charge >= 0.3 is 0 Å². The number of hydrogen-bond acceptors (Lipinski definition) is 6. The summed E-state index contributed by atoms with van der Waals surface area (Å²) in [6.45, 7) is 10.7. The lowest BCUT2D eigenvalue weighted by Gasteiger charge is -2.37. The fraction of sp³-hybridized carbons (Fsp3) is 0.533. The lowest BCUT2D eigenvalue weighted by atomic mass is 9.87. The first-order valence-electron chi connectivity index (χ1n) is 14.0. The molecule has 0 spiro atoms. The Kier molecular flexibility index (Phi) is 7.76. The summed E-state index contributed by atoms with van der Waals surface area (Å²) >= 11 is 0. The predicted molar refractivity (Wildman–Crippen MR) is 154 cm³/mol. The van der Waals surface area contributed by atoms with E-state index in [2.05, 4.69) is 50.0 Å². The first kappa shape index (κ1) is 27.0. The molecule has 1 saturated heterocycles. The van der Waals surface area contributed by atoms with Gasteiger partial charge in [0, 0.05) is 37.6 Å². The van der Waals surface area contributed by atoms with E-state index in [9.17, 15) is 8.42 Å². The zero-order valence-corrected chi connectivity index (χ0v) is 24.0. The van der Waals surface area contributed by atoms with Gasteiger partial charge in [-0.05, 0) is 55.0 Å². The molecule has 2 heterocycles. The molecule has 2 aliphatic rings. The minimum absolute atomic E-state index is 0.0116.